The maximum absolute atomic E-state index is 11.5. The lowest BCUT2D eigenvalue weighted by atomic mass is 10.3. The number of nitrogens with two attached hydrogens (primary N) is 1. The smallest absolute Gasteiger partial charge is 0.322 e. The first-order chi connectivity index (χ1) is 12.4. The molecule has 0 unspecified atom stereocenters. The fraction of sp³-hybridized carbons (Fsp3) is 0.625. The third-order valence-electron chi connectivity index (χ3n) is 3.40. The van der Waals surface area contributed by atoms with E-state index in [1.807, 2.05) is 18.4 Å². The van der Waals surface area contributed by atoms with Crippen molar-refractivity contribution in [3.63, 3.8) is 0 Å². The standard InChI is InChI=1S/C16H26N6O4/c1-5-25-15(23)11(4)19-9-24-7-6-22-8-18-12-13(22)20-16(17)21-14(12)26-10(2)3/h8,10-11,19H,5-7,9H2,1-4H3,(H2,17,20,21)/t11-/m0/s1. The highest BCUT2D eigenvalue weighted by atomic mass is 16.5. The van der Waals surface area contributed by atoms with Crippen LogP contribution in [0.1, 0.15) is 27.7 Å². The molecule has 1 atom stereocenters. The van der Waals surface area contributed by atoms with E-state index in [2.05, 4.69) is 20.3 Å². The van der Waals surface area contributed by atoms with Crippen LogP contribution in [0.5, 0.6) is 5.88 Å². The highest BCUT2D eigenvalue weighted by Gasteiger charge is 2.15. The molecule has 10 nitrogen and oxygen atoms in total. The largest absolute Gasteiger partial charge is 0.473 e. The number of nitrogen functional groups attached to an aromatic ring is 1. The van der Waals surface area contributed by atoms with Gasteiger partial charge in [0, 0.05) is 6.54 Å². The van der Waals surface area contributed by atoms with E-state index in [4.69, 9.17) is 19.9 Å². The lowest BCUT2D eigenvalue weighted by molar-refractivity contribution is -0.145. The van der Waals surface area contributed by atoms with Crippen molar-refractivity contribution in [1.82, 2.24) is 24.8 Å². The van der Waals surface area contributed by atoms with E-state index < -0.39 is 6.04 Å². The molecule has 0 aliphatic carbocycles. The zero-order valence-corrected chi connectivity index (χ0v) is 15.6. The molecule has 2 aromatic heterocycles. The van der Waals surface area contributed by atoms with Crippen LogP contribution in [-0.2, 0) is 20.8 Å². The monoisotopic (exact) mass is 366 g/mol. The van der Waals surface area contributed by atoms with E-state index in [-0.39, 0.29) is 24.8 Å². The lowest BCUT2D eigenvalue weighted by Crippen LogP contribution is -2.37. The minimum atomic E-state index is -0.424. The molecule has 3 N–H and O–H groups in total. The summed E-state index contributed by atoms with van der Waals surface area (Å²) in [6.07, 6.45) is 1.60. The van der Waals surface area contributed by atoms with Crippen LogP contribution in [-0.4, -0.2) is 57.6 Å². The molecule has 0 aliphatic rings. The number of carbonyl (C=O) groups is 1. The van der Waals surface area contributed by atoms with Crippen LogP contribution in [0.25, 0.3) is 11.2 Å². The Morgan fingerprint density at radius 2 is 2.12 bits per heavy atom. The predicted molar refractivity (Wildman–Crippen MR) is 95.5 cm³/mol. The van der Waals surface area contributed by atoms with E-state index in [1.54, 1.807) is 20.2 Å². The van der Waals surface area contributed by atoms with E-state index in [1.165, 1.54) is 0 Å². The molecule has 0 saturated heterocycles. The second kappa shape index (κ2) is 9.30. The third-order valence-corrected chi connectivity index (χ3v) is 3.40. The molecular weight excluding hydrogens is 340 g/mol. The minimum Gasteiger partial charge on any atom is -0.473 e. The molecule has 0 fully saturated rings. The number of carbonyl (C=O) groups excluding carboxylic acids is 1. The fourth-order valence-corrected chi connectivity index (χ4v) is 2.17. The van der Waals surface area contributed by atoms with Crippen LogP contribution in [0.15, 0.2) is 6.33 Å². The zero-order chi connectivity index (χ0) is 19.1. The van der Waals surface area contributed by atoms with Gasteiger partial charge >= 0.3 is 5.97 Å². The molecule has 2 rings (SSSR count). The number of nitrogens with zero attached hydrogens (tertiary/aromatic N) is 4. The predicted octanol–water partition coefficient (Wildman–Crippen LogP) is 0.711. The van der Waals surface area contributed by atoms with Crippen LogP contribution in [0.4, 0.5) is 5.95 Å². The van der Waals surface area contributed by atoms with Gasteiger partial charge in [0.05, 0.1) is 32.4 Å². The number of nitrogens with one attached hydrogen (secondary N) is 1. The normalized spacial score (nSPS) is 12.5. The summed E-state index contributed by atoms with van der Waals surface area (Å²) in [5.41, 5.74) is 6.91. The van der Waals surface area contributed by atoms with E-state index >= 15 is 0 Å². The first kappa shape index (κ1) is 19.9. The van der Waals surface area contributed by atoms with Gasteiger partial charge in [0.25, 0.3) is 0 Å². The Hall–Kier alpha value is -2.46. The zero-order valence-electron chi connectivity index (χ0n) is 15.6. The highest BCUT2D eigenvalue weighted by Crippen LogP contribution is 2.22. The van der Waals surface area contributed by atoms with E-state index in [9.17, 15) is 4.79 Å². The van der Waals surface area contributed by atoms with Crippen LogP contribution in [0, 0.1) is 0 Å². The van der Waals surface area contributed by atoms with Gasteiger partial charge in [0.15, 0.2) is 11.2 Å². The summed E-state index contributed by atoms with van der Waals surface area (Å²) in [4.78, 5) is 24.1. The van der Waals surface area contributed by atoms with Crippen molar-refractivity contribution in [1.29, 1.82) is 0 Å². The molecule has 144 valence electrons. The Kier molecular flexibility index (Phi) is 7.10. The molecule has 0 bridgehead atoms. The maximum Gasteiger partial charge on any atom is 0.322 e. The van der Waals surface area contributed by atoms with Crippen molar-refractivity contribution in [2.45, 2.75) is 46.4 Å². The molecule has 0 saturated carbocycles. The number of ether oxygens (including phenoxy) is 3. The maximum atomic E-state index is 11.5. The summed E-state index contributed by atoms with van der Waals surface area (Å²) >= 11 is 0. The molecular formula is C16H26N6O4. The minimum absolute atomic E-state index is 0.0477. The Labute approximate surface area is 152 Å². The second-order valence-corrected chi connectivity index (χ2v) is 5.89. The van der Waals surface area contributed by atoms with E-state index in [0.29, 0.717) is 36.8 Å². The summed E-state index contributed by atoms with van der Waals surface area (Å²) in [6.45, 7) is 8.80. The van der Waals surface area contributed by atoms with Gasteiger partial charge in [-0.25, -0.2) is 4.98 Å². The Balaban J connectivity index is 1.89. The Morgan fingerprint density at radius 3 is 2.81 bits per heavy atom. The SMILES string of the molecule is CCOC(=O)[C@H](C)NCOCCn1cnc2c(OC(C)C)nc(N)nc21. The van der Waals surface area contributed by atoms with Crippen LogP contribution >= 0.6 is 0 Å². The second-order valence-electron chi connectivity index (χ2n) is 5.89. The summed E-state index contributed by atoms with van der Waals surface area (Å²) in [5, 5.41) is 2.94. The Morgan fingerprint density at radius 1 is 1.35 bits per heavy atom. The number of rotatable bonds is 10. The van der Waals surface area contributed by atoms with Crippen molar-refractivity contribution in [2.75, 3.05) is 25.7 Å². The van der Waals surface area contributed by atoms with Crippen LogP contribution in [0.3, 0.4) is 0 Å². The number of esters is 1. The van der Waals surface area contributed by atoms with Gasteiger partial charge in [-0.3, -0.25) is 10.1 Å². The van der Waals surface area contributed by atoms with Gasteiger partial charge < -0.3 is 24.5 Å². The van der Waals surface area contributed by atoms with E-state index in [0.717, 1.165) is 0 Å². The average Bonchev–Trinajstić information content (AvgIpc) is 2.97. The molecule has 2 heterocycles. The van der Waals surface area contributed by atoms with Gasteiger partial charge in [0.1, 0.15) is 6.04 Å². The number of hydrogen-bond donors (Lipinski definition) is 2. The molecule has 2 aromatic rings. The van der Waals surface area contributed by atoms with Gasteiger partial charge in [-0.05, 0) is 27.7 Å². The molecule has 0 spiro atoms. The number of fused-ring (bicyclic) bond motifs is 1. The molecule has 0 aliphatic heterocycles. The molecule has 0 radical (unpaired) electrons. The molecule has 0 amide bonds. The van der Waals surface area contributed by atoms with Gasteiger partial charge in [-0.15, -0.1) is 0 Å². The summed E-state index contributed by atoms with van der Waals surface area (Å²) in [6, 6.07) is -0.424. The van der Waals surface area contributed by atoms with Crippen molar-refractivity contribution in [3.05, 3.63) is 6.33 Å². The summed E-state index contributed by atoms with van der Waals surface area (Å²) < 4.78 is 17.9. The molecule has 26 heavy (non-hydrogen) atoms. The fourth-order valence-electron chi connectivity index (χ4n) is 2.17. The van der Waals surface area contributed by atoms with Gasteiger partial charge in [-0.1, -0.05) is 0 Å². The van der Waals surface area contributed by atoms with Crippen molar-refractivity contribution < 1.29 is 19.0 Å². The third kappa shape index (κ3) is 5.27. The first-order valence-electron chi connectivity index (χ1n) is 8.55. The Bertz CT molecular complexity index is 733. The average molecular weight is 366 g/mol. The molecule has 10 heteroatoms. The highest BCUT2D eigenvalue weighted by molar-refractivity contribution is 5.77. The van der Waals surface area contributed by atoms with Crippen molar-refractivity contribution in [3.8, 4) is 5.88 Å². The number of imidazole rings is 1. The summed E-state index contributed by atoms with van der Waals surface area (Å²) in [5.74, 6) is 0.189. The van der Waals surface area contributed by atoms with Crippen LogP contribution in [0.2, 0.25) is 0 Å². The topological polar surface area (TPSA) is 126 Å². The van der Waals surface area contributed by atoms with Gasteiger partial charge in [0.2, 0.25) is 11.8 Å². The quantitative estimate of drug-likeness (QED) is 0.355. The number of aromatic nitrogens is 4. The number of anilines is 1. The molecule has 0 aromatic carbocycles. The van der Waals surface area contributed by atoms with Gasteiger partial charge in [-0.2, -0.15) is 9.97 Å². The van der Waals surface area contributed by atoms with Crippen LogP contribution < -0.4 is 15.8 Å². The number of hydrogen-bond acceptors (Lipinski definition) is 9. The first-order valence-corrected chi connectivity index (χ1v) is 8.55. The lowest BCUT2D eigenvalue weighted by Gasteiger charge is -2.13. The van der Waals surface area contributed by atoms with Crippen molar-refractivity contribution in [2.24, 2.45) is 0 Å². The summed E-state index contributed by atoms with van der Waals surface area (Å²) in [7, 11) is 0. The van der Waals surface area contributed by atoms with Crippen molar-refractivity contribution >= 4 is 23.1 Å².